The molecule has 7 heteroatoms. The average molecular weight is 268 g/mol. The number of hydrogen-bond donors (Lipinski definition) is 1. The number of phenolic OH excluding ortho intramolecular Hbond substituents is 1. The molecule has 0 aliphatic heterocycles. The van der Waals surface area contributed by atoms with Gasteiger partial charge < -0.3 is 9.63 Å². The Hall–Kier alpha value is -1.89. The summed E-state index contributed by atoms with van der Waals surface area (Å²) in [4.78, 5) is 4.00. The van der Waals surface area contributed by atoms with Crippen LogP contribution in [0.5, 0.6) is 5.75 Å². The van der Waals surface area contributed by atoms with E-state index < -0.39 is 9.84 Å². The summed E-state index contributed by atoms with van der Waals surface area (Å²) < 4.78 is 27.2. The Labute approximate surface area is 104 Å². The van der Waals surface area contributed by atoms with E-state index in [4.69, 9.17) is 4.52 Å². The number of aromatic nitrogens is 2. The highest BCUT2D eigenvalue weighted by molar-refractivity contribution is 7.89. The van der Waals surface area contributed by atoms with Crippen molar-refractivity contribution in [3.05, 3.63) is 29.6 Å². The zero-order chi connectivity index (χ0) is 13.3. The molecular formula is C11H12N2O4S. The Morgan fingerprint density at radius 1 is 1.39 bits per heavy atom. The third-order valence-corrected chi connectivity index (χ3v) is 3.09. The highest BCUT2D eigenvalue weighted by Crippen LogP contribution is 2.24. The number of benzene rings is 1. The molecular weight excluding hydrogens is 256 g/mol. The number of phenols is 1. The summed E-state index contributed by atoms with van der Waals surface area (Å²) in [5.41, 5.74) is 1.31. The largest absolute Gasteiger partial charge is 0.508 e. The van der Waals surface area contributed by atoms with E-state index in [1.54, 1.807) is 19.1 Å². The fourth-order valence-corrected chi connectivity index (χ4v) is 2.04. The first kappa shape index (κ1) is 12.6. The third-order valence-electron chi connectivity index (χ3n) is 2.30. The van der Waals surface area contributed by atoms with E-state index in [0.29, 0.717) is 11.1 Å². The Morgan fingerprint density at radius 2 is 2.11 bits per heavy atom. The monoisotopic (exact) mass is 268 g/mol. The topological polar surface area (TPSA) is 93.3 Å². The van der Waals surface area contributed by atoms with Crippen LogP contribution in [0.25, 0.3) is 11.5 Å². The van der Waals surface area contributed by atoms with Crippen molar-refractivity contribution in [3.8, 4) is 17.2 Å². The molecule has 0 atom stereocenters. The molecule has 0 aliphatic rings. The van der Waals surface area contributed by atoms with E-state index in [1.807, 2.05) is 0 Å². The van der Waals surface area contributed by atoms with E-state index in [2.05, 4.69) is 10.1 Å². The van der Waals surface area contributed by atoms with Crippen LogP contribution in [-0.2, 0) is 15.6 Å². The number of aryl methyl sites for hydroxylation is 1. The summed E-state index contributed by atoms with van der Waals surface area (Å²) in [5.74, 6) is 0.276. The van der Waals surface area contributed by atoms with Crippen LogP contribution in [0.15, 0.2) is 22.7 Å². The lowest BCUT2D eigenvalue weighted by Gasteiger charge is -1.99. The van der Waals surface area contributed by atoms with Crippen LogP contribution >= 0.6 is 0 Å². The standard InChI is InChI=1S/C11H12N2O4S/c1-7-5-8(3-4-9(7)14)11-12-10(13-17-11)6-18(2,15)16/h3-5,14H,6H2,1-2H3. The molecule has 18 heavy (non-hydrogen) atoms. The van der Waals surface area contributed by atoms with Gasteiger partial charge in [0.2, 0.25) is 0 Å². The number of sulfone groups is 1. The molecule has 1 N–H and O–H groups in total. The maximum atomic E-state index is 11.1. The minimum absolute atomic E-state index is 0.123. The Morgan fingerprint density at radius 3 is 2.72 bits per heavy atom. The van der Waals surface area contributed by atoms with E-state index in [0.717, 1.165) is 6.26 Å². The highest BCUT2D eigenvalue weighted by atomic mass is 32.2. The van der Waals surface area contributed by atoms with Gasteiger partial charge in [-0.1, -0.05) is 5.16 Å². The minimum atomic E-state index is -3.19. The van der Waals surface area contributed by atoms with Gasteiger partial charge in [0.05, 0.1) is 0 Å². The van der Waals surface area contributed by atoms with Crippen molar-refractivity contribution in [1.29, 1.82) is 0 Å². The molecule has 96 valence electrons. The molecule has 0 fully saturated rings. The number of aromatic hydroxyl groups is 1. The quantitative estimate of drug-likeness (QED) is 0.901. The second-order valence-corrected chi connectivity index (χ2v) is 6.23. The molecule has 0 radical (unpaired) electrons. The molecule has 2 rings (SSSR count). The lowest BCUT2D eigenvalue weighted by Crippen LogP contribution is -2.02. The molecule has 0 unspecified atom stereocenters. The van der Waals surface area contributed by atoms with Crippen molar-refractivity contribution in [1.82, 2.24) is 10.1 Å². The summed E-state index contributed by atoms with van der Waals surface area (Å²) in [5, 5.41) is 13.0. The molecule has 0 aliphatic carbocycles. The SMILES string of the molecule is Cc1cc(-c2nc(CS(C)(=O)=O)no2)ccc1O. The first-order chi connectivity index (χ1) is 8.35. The van der Waals surface area contributed by atoms with Gasteiger partial charge in [-0.05, 0) is 30.7 Å². The Bertz CT molecular complexity index is 676. The molecule has 0 saturated carbocycles. The molecule has 0 bridgehead atoms. The lowest BCUT2D eigenvalue weighted by atomic mass is 10.1. The van der Waals surface area contributed by atoms with E-state index in [1.165, 1.54) is 6.07 Å². The van der Waals surface area contributed by atoms with Crippen molar-refractivity contribution in [2.45, 2.75) is 12.7 Å². The van der Waals surface area contributed by atoms with Gasteiger partial charge in [0.25, 0.3) is 5.89 Å². The summed E-state index contributed by atoms with van der Waals surface area (Å²) in [7, 11) is -3.19. The molecule has 0 spiro atoms. The van der Waals surface area contributed by atoms with Crippen molar-refractivity contribution >= 4 is 9.84 Å². The van der Waals surface area contributed by atoms with Crippen LogP contribution in [-0.4, -0.2) is 29.9 Å². The van der Waals surface area contributed by atoms with Gasteiger partial charge in [-0.25, -0.2) is 8.42 Å². The molecule has 6 nitrogen and oxygen atoms in total. The summed E-state index contributed by atoms with van der Waals surface area (Å²) in [6.07, 6.45) is 1.10. The van der Waals surface area contributed by atoms with Crippen LogP contribution in [0, 0.1) is 6.92 Å². The van der Waals surface area contributed by atoms with Gasteiger partial charge in [-0.2, -0.15) is 4.98 Å². The van der Waals surface area contributed by atoms with Gasteiger partial charge in [0.1, 0.15) is 11.5 Å². The van der Waals surface area contributed by atoms with Gasteiger partial charge in [0.15, 0.2) is 15.7 Å². The van der Waals surface area contributed by atoms with Crippen molar-refractivity contribution in [3.63, 3.8) is 0 Å². The number of hydrogen-bond acceptors (Lipinski definition) is 6. The Balaban J connectivity index is 2.32. The zero-order valence-corrected chi connectivity index (χ0v) is 10.7. The summed E-state index contributed by atoms with van der Waals surface area (Å²) >= 11 is 0. The number of nitrogens with zero attached hydrogens (tertiary/aromatic N) is 2. The van der Waals surface area contributed by atoms with Gasteiger partial charge in [-0.15, -0.1) is 0 Å². The van der Waals surface area contributed by atoms with Crippen LogP contribution in [0.3, 0.4) is 0 Å². The van der Waals surface area contributed by atoms with Crippen LogP contribution < -0.4 is 0 Å². The maximum absolute atomic E-state index is 11.1. The molecule has 1 aromatic carbocycles. The second kappa shape index (κ2) is 4.41. The van der Waals surface area contributed by atoms with Crippen LogP contribution in [0.1, 0.15) is 11.4 Å². The smallest absolute Gasteiger partial charge is 0.257 e. The normalized spacial score (nSPS) is 11.7. The third kappa shape index (κ3) is 2.86. The predicted molar refractivity (Wildman–Crippen MR) is 64.7 cm³/mol. The van der Waals surface area contributed by atoms with E-state index >= 15 is 0 Å². The van der Waals surface area contributed by atoms with Crippen molar-refractivity contribution in [2.75, 3.05) is 6.26 Å². The molecule has 2 aromatic rings. The highest BCUT2D eigenvalue weighted by Gasteiger charge is 2.13. The minimum Gasteiger partial charge on any atom is -0.508 e. The lowest BCUT2D eigenvalue weighted by molar-refractivity contribution is 0.424. The first-order valence-electron chi connectivity index (χ1n) is 5.15. The average Bonchev–Trinajstić information content (AvgIpc) is 2.68. The molecule has 1 aromatic heterocycles. The number of rotatable bonds is 3. The van der Waals surface area contributed by atoms with Crippen LogP contribution in [0.4, 0.5) is 0 Å². The van der Waals surface area contributed by atoms with E-state index in [-0.39, 0.29) is 23.2 Å². The Kier molecular flexibility index (Phi) is 3.08. The van der Waals surface area contributed by atoms with Gasteiger partial charge >= 0.3 is 0 Å². The van der Waals surface area contributed by atoms with E-state index in [9.17, 15) is 13.5 Å². The van der Waals surface area contributed by atoms with Crippen molar-refractivity contribution < 1.29 is 18.0 Å². The van der Waals surface area contributed by atoms with Crippen LogP contribution in [0.2, 0.25) is 0 Å². The molecule has 0 amide bonds. The first-order valence-corrected chi connectivity index (χ1v) is 7.21. The van der Waals surface area contributed by atoms with Crippen molar-refractivity contribution in [2.24, 2.45) is 0 Å². The molecule has 0 saturated heterocycles. The fourth-order valence-electron chi connectivity index (χ4n) is 1.45. The summed E-state index contributed by atoms with van der Waals surface area (Å²) in [6, 6.07) is 4.83. The fraction of sp³-hybridized carbons (Fsp3) is 0.273. The summed E-state index contributed by atoms with van der Waals surface area (Å²) in [6.45, 7) is 1.74. The molecule has 1 heterocycles. The van der Waals surface area contributed by atoms with Gasteiger partial charge in [-0.3, -0.25) is 0 Å². The maximum Gasteiger partial charge on any atom is 0.257 e. The zero-order valence-electron chi connectivity index (χ0n) is 9.91. The second-order valence-electron chi connectivity index (χ2n) is 4.09. The predicted octanol–water partition coefficient (Wildman–Crippen LogP) is 1.30. The van der Waals surface area contributed by atoms with Gasteiger partial charge in [0, 0.05) is 11.8 Å².